The Morgan fingerprint density at radius 2 is 1.96 bits per heavy atom. The predicted octanol–water partition coefficient (Wildman–Crippen LogP) is 1.47. The number of benzene rings is 1. The van der Waals surface area contributed by atoms with Crippen LogP contribution in [-0.2, 0) is 9.53 Å². The van der Waals surface area contributed by atoms with Crippen LogP contribution < -0.4 is 10.6 Å². The zero-order chi connectivity index (χ0) is 15.4. The van der Waals surface area contributed by atoms with Crippen molar-refractivity contribution in [3.05, 3.63) is 34.9 Å². The van der Waals surface area contributed by atoms with Crippen molar-refractivity contribution in [2.45, 2.75) is 6.04 Å². The third-order valence-corrected chi connectivity index (χ3v) is 4.62. The van der Waals surface area contributed by atoms with Gasteiger partial charge >= 0.3 is 0 Å². The van der Waals surface area contributed by atoms with Crippen LogP contribution in [0.3, 0.4) is 0 Å². The molecule has 0 radical (unpaired) electrons. The number of nitrogens with zero attached hydrogens (tertiary/aromatic N) is 1. The molecule has 1 atom stereocenters. The molecule has 1 amide bonds. The third-order valence-electron chi connectivity index (χ3n) is 4.36. The molecule has 0 spiro atoms. The first-order valence-corrected chi connectivity index (χ1v) is 8.17. The van der Waals surface area contributed by atoms with Gasteiger partial charge in [0.15, 0.2) is 0 Å². The van der Waals surface area contributed by atoms with E-state index in [0.29, 0.717) is 6.54 Å². The van der Waals surface area contributed by atoms with Crippen LogP contribution in [0.4, 0.5) is 0 Å². The Morgan fingerprint density at radius 3 is 2.52 bits per heavy atom. The van der Waals surface area contributed by atoms with Gasteiger partial charge < -0.3 is 15.4 Å². The van der Waals surface area contributed by atoms with E-state index in [2.05, 4.69) is 15.5 Å². The molecular formula is C16H23Cl2N3O2. The summed E-state index contributed by atoms with van der Waals surface area (Å²) in [5.74, 6) is 0.265. The van der Waals surface area contributed by atoms with Crippen LogP contribution in [0.25, 0.3) is 0 Å². The molecule has 2 N–H and O–H groups in total. The maximum atomic E-state index is 12.1. The first kappa shape index (κ1) is 18.5. The fourth-order valence-electron chi connectivity index (χ4n) is 2.85. The summed E-state index contributed by atoms with van der Waals surface area (Å²) in [6, 6.07) is 8.06. The highest BCUT2D eigenvalue weighted by Gasteiger charge is 2.27. The van der Waals surface area contributed by atoms with Crippen LogP contribution in [0.1, 0.15) is 11.6 Å². The summed E-state index contributed by atoms with van der Waals surface area (Å²) in [4.78, 5) is 14.4. The van der Waals surface area contributed by atoms with Gasteiger partial charge in [0.25, 0.3) is 0 Å². The molecule has 1 unspecified atom stereocenters. The molecule has 2 aliphatic heterocycles. The highest BCUT2D eigenvalue weighted by molar-refractivity contribution is 6.30. The Hall–Kier alpha value is -0.850. The van der Waals surface area contributed by atoms with Gasteiger partial charge in [-0.2, -0.15) is 0 Å². The monoisotopic (exact) mass is 359 g/mol. The summed E-state index contributed by atoms with van der Waals surface area (Å²) in [5.41, 5.74) is 1.18. The number of amides is 1. The summed E-state index contributed by atoms with van der Waals surface area (Å²) in [6.45, 7) is 5.44. The smallest absolute Gasteiger partial charge is 0.225 e. The van der Waals surface area contributed by atoms with Gasteiger partial charge in [0.1, 0.15) is 0 Å². The number of rotatable bonds is 5. The lowest BCUT2D eigenvalue weighted by molar-refractivity contribution is -0.126. The third kappa shape index (κ3) is 4.81. The Kier molecular flexibility index (Phi) is 7.11. The molecule has 2 saturated heterocycles. The topological polar surface area (TPSA) is 53.6 Å². The minimum Gasteiger partial charge on any atom is -0.379 e. The van der Waals surface area contributed by atoms with Gasteiger partial charge in [0.2, 0.25) is 5.91 Å². The van der Waals surface area contributed by atoms with E-state index >= 15 is 0 Å². The second-order valence-corrected chi connectivity index (χ2v) is 6.25. The predicted molar refractivity (Wildman–Crippen MR) is 93.2 cm³/mol. The van der Waals surface area contributed by atoms with E-state index in [9.17, 15) is 4.79 Å². The van der Waals surface area contributed by atoms with Crippen molar-refractivity contribution in [2.24, 2.45) is 5.92 Å². The van der Waals surface area contributed by atoms with Crippen molar-refractivity contribution in [3.8, 4) is 0 Å². The van der Waals surface area contributed by atoms with Crippen LogP contribution in [0.5, 0.6) is 0 Å². The fraction of sp³-hybridized carbons (Fsp3) is 0.562. The van der Waals surface area contributed by atoms with Crippen LogP contribution in [-0.4, -0.2) is 56.7 Å². The molecule has 7 heteroatoms. The number of ether oxygens (including phenoxy) is 1. The highest BCUT2D eigenvalue weighted by atomic mass is 35.5. The van der Waals surface area contributed by atoms with E-state index in [1.54, 1.807) is 0 Å². The van der Waals surface area contributed by atoms with E-state index in [1.807, 2.05) is 24.3 Å². The molecule has 23 heavy (non-hydrogen) atoms. The standard InChI is InChI=1S/C16H22ClN3O2.ClH/c17-14-3-1-12(2-4-14)15(20-5-7-22-8-6-20)11-19-16(21)13-9-18-10-13;/h1-4,13,15,18H,5-11H2,(H,19,21);1H. The Balaban J connectivity index is 0.00000192. The molecule has 0 aliphatic carbocycles. The molecule has 1 aromatic rings. The van der Waals surface area contributed by atoms with E-state index in [1.165, 1.54) is 5.56 Å². The van der Waals surface area contributed by atoms with E-state index < -0.39 is 0 Å². The zero-order valence-electron chi connectivity index (χ0n) is 13.0. The zero-order valence-corrected chi connectivity index (χ0v) is 14.5. The summed E-state index contributed by atoms with van der Waals surface area (Å²) in [5, 5.41) is 6.96. The van der Waals surface area contributed by atoms with Crippen LogP contribution >= 0.6 is 24.0 Å². The quantitative estimate of drug-likeness (QED) is 0.835. The summed E-state index contributed by atoms with van der Waals surface area (Å²) in [6.07, 6.45) is 0. The average molecular weight is 360 g/mol. The average Bonchev–Trinajstić information content (AvgIpc) is 2.48. The lowest BCUT2D eigenvalue weighted by Gasteiger charge is -2.35. The lowest BCUT2D eigenvalue weighted by atomic mass is 10.0. The van der Waals surface area contributed by atoms with Gasteiger partial charge in [0, 0.05) is 37.7 Å². The van der Waals surface area contributed by atoms with Crippen molar-refractivity contribution in [2.75, 3.05) is 45.9 Å². The van der Waals surface area contributed by atoms with Crippen molar-refractivity contribution < 1.29 is 9.53 Å². The van der Waals surface area contributed by atoms with Gasteiger partial charge in [-0.05, 0) is 17.7 Å². The lowest BCUT2D eigenvalue weighted by Crippen LogP contribution is -2.52. The number of morpholine rings is 1. The highest BCUT2D eigenvalue weighted by Crippen LogP contribution is 2.23. The largest absolute Gasteiger partial charge is 0.379 e. The van der Waals surface area contributed by atoms with E-state index in [4.69, 9.17) is 16.3 Å². The number of carbonyl (C=O) groups excluding carboxylic acids is 1. The minimum atomic E-state index is 0. The first-order valence-electron chi connectivity index (χ1n) is 7.80. The maximum absolute atomic E-state index is 12.1. The molecule has 1 aromatic carbocycles. The Labute approximate surface area is 148 Å². The molecule has 2 aliphatic rings. The SMILES string of the molecule is Cl.O=C(NCC(c1ccc(Cl)cc1)N1CCOCC1)C1CNC1. The second-order valence-electron chi connectivity index (χ2n) is 5.82. The molecule has 2 heterocycles. The summed E-state index contributed by atoms with van der Waals surface area (Å²) in [7, 11) is 0. The number of halogens is 2. The number of hydrogen-bond acceptors (Lipinski definition) is 4. The number of nitrogens with one attached hydrogen (secondary N) is 2. The Bertz CT molecular complexity index is 503. The Morgan fingerprint density at radius 1 is 1.30 bits per heavy atom. The van der Waals surface area contributed by atoms with E-state index in [0.717, 1.165) is 44.4 Å². The molecule has 2 fully saturated rings. The minimum absolute atomic E-state index is 0. The number of carbonyl (C=O) groups is 1. The second kappa shape index (κ2) is 8.85. The summed E-state index contributed by atoms with van der Waals surface area (Å²) < 4.78 is 5.44. The van der Waals surface area contributed by atoms with Crippen LogP contribution in [0.2, 0.25) is 5.02 Å². The van der Waals surface area contributed by atoms with Gasteiger partial charge in [0.05, 0.1) is 25.2 Å². The van der Waals surface area contributed by atoms with Crippen molar-refractivity contribution in [1.29, 1.82) is 0 Å². The fourth-order valence-corrected chi connectivity index (χ4v) is 2.97. The van der Waals surface area contributed by atoms with Crippen molar-refractivity contribution >= 4 is 29.9 Å². The molecule has 0 aromatic heterocycles. The summed E-state index contributed by atoms with van der Waals surface area (Å²) >= 11 is 5.99. The maximum Gasteiger partial charge on any atom is 0.225 e. The van der Waals surface area contributed by atoms with Gasteiger partial charge in [-0.25, -0.2) is 0 Å². The van der Waals surface area contributed by atoms with Crippen LogP contribution in [0, 0.1) is 5.92 Å². The van der Waals surface area contributed by atoms with Crippen molar-refractivity contribution in [3.63, 3.8) is 0 Å². The molecule has 0 saturated carbocycles. The molecule has 5 nitrogen and oxygen atoms in total. The number of hydrogen-bond donors (Lipinski definition) is 2. The molecular weight excluding hydrogens is 337 g/mol. The first-order chi connectivity index (χ1) is 10.7. The van der Waals surface area contributed by atoms with Crippen molar-refractivity contribution in [1.82, 2.24) is 15.5 Å². The van der Waals surface area contributed by atoms with Gasteiger partial charge in [-0.15, -0.1) is 12.4 Å². The van der Waals surface area contributed by atoms with Gasteiger partial charge in [-0.1, -0.05) is 23.7 Å². The molecule has 128 valence electrons. The normalized spacial score (nSPS) is 20.2. The van der Waals surface area contributed by atoms with Gasteiger partial charge in [-0.3, -0.25) is 9.69 Å². The molecule has 3 rings (SSSR count). The molecule has 0 bridgehead atoms. The van der Waals surface area contributed by atoms with E-state index in [-0.39, 0.29) is 30.3 Å². The van der Waals surface area contributed by atoms with Crippen LogP contribution in [0.15, 0.2) is 24.3 Å².